The van der Waals surface area contributed by atoms with Crippen molar-refractivity contribution in [2.45, 2.75) is 33.1 Å². The van der Waals surface area contributed by atoms with Crippen LogP contribution in [0.3, 0.4) is 0 Å². The van der Waals surface area contributed by atoms with E-state index < -0.39 is 0 Å². The molecule has 0 heterocycles. The Balaban J connectivity index is 1.78. The molecular weight excluding hydrogens is 354 g/mol. The molecule has 2 rings (SSSR count). The van der Waals surface area contributed by atoms with Crippen molar-refractivity contribution in [2.24, 2.45) is 0 Å². The molecule has 0 aromatic heterocycles. The van der Waals surface area contributed by atoms with Gasteiger partial charge in [0.1, 0.15) is 0 Å². The predicted molar refractivity (Wildman–Crippen MR) is 111 cm³/mol. The maximum absolute atomic E-state index is 12.2. The van der Waals surface area contributed by atoms with Gasteiger partial charge < -0.3 is 16.0 Å². The summed E-state index contributed by atoms with van der Waals surface area (Å²) in [4.78, 5) is 35.3. The van der Waals surface area contributed by atoms with Crippen molar-refractivity contribution in [1.29, 1.82) is 0 Å². The standard InChI is InChI=1S/C22H27N3O3/c1-15(26)25-19-11-7-17(8-12-19)21(28)24-14-13-23-20(27)16-5-9-18(10-6-16)22(2,3)4/h5-12H,13-14H2,1-4H3,(H,23,27)(H,24,28)(H,25,26). The molecule has 0 atom stereocenters. The zero-order valence-electron chi connectivity index (χ0n) is 16.8. The molecule has 28 heavy (non-hydrogen) atoms. The number of rotatable bonds is 6. The van der Waals surface area contributed by atoms with Gasteiger partial charge in [-0.2, -0.15) is 0 Å². The Kier molecular flexibility index (Phi) is 6.93. The third kappa shape index (κ3) is 6.23. The zero-order valence-corrected chi connectivity index (χ0v) is 16.8. The quantitative estimate of drug-likeness (QED) is 0.672. The van der Waals surface area contributed by atoms with Crippen LogP contribution in [-0.4, -0.2) is 30.8 Å². The van der Waals surface area contributed by atoms with E-state index in [9.17, 15) is 14.4 Å². The lowest BCUT2D eigenvalue weighted by atomic mass is 9.87. The van der Waals surface area contributed by atoms with Gasteiger partial charge in [-0.1, -0.05) is 32.9 Å². The highest BCUT2D eigenvalue weighted by atomic mass is 16.2. The number of anilines is 1. The Morgan fingerprint density at radius 1 is 0.750 bits per heavy atom. The minimum Gasteiger partial charge on any atom is -0.350 e. The van der Waals surface area contributed by atoms with E-state index in [2.05, 4.69) is 36.7 Å². The minimum atomic E-state index is -0.238. The topological polar surface area (TPSA) is 87.3 Å². The van der Waals surface area contributed by atoms with Crippen LogP contribution < -0.4 is 16.0 Å². The molecule has 3 amide bonds. The number of hydrogen-bond donors (Lipinski definition) is 3. The van der Waals surface area contributed by atoms with Gasteiger partial charge in [-0.25, -0.2) is 0 Å². The van der Waals surface area contributed by atoms with Gasteiger partial charge in [-0.15, -0.1) is 0 Å². The monoisotopic (exact) mass is 381 g/mol. The van der Waals surface area contributed by atoms with E-state index in [1.54, 1.807) is 24.3 Å². The highest BCUT2D eigenvalue weighted by Gasteiger charge is 2.14. The molecule has 6 nitrogen and oxygen atoms in total. The lowest BCUT2D eigenvalue weighted by molar-refractivity contribution is -0.114. The highest BCUT2D eigenvalue weighted by molar-refractivity contribution is 5.96. The average molecular weight is 381 g/mol. The van der Waals surface area contributed by atoms with Crippen molar-refractivity contribution in [3.8, 4) is 0 Å². The second kappa shape index (κ2) is 9.17. The smallest absolute Gasteiger partial charge is 0.251 e. The third-order valence-corrected chi connectivity index (χ3v) is 4.18. The minimum absolute atomic E-state index is 0.0413. The van der Waals surface area contributed by atoms with Gasteiger partial charge in [0.15, 0.2) is 0 Å². The van der Waals surface area contributed by atoms with Crippen LogP contribution in [0.25, 0.3) is 0 Å². The Hall–Kier alpha value is -3.15. The van der Waals surface area contributed by atoms with Gasteiger partial charge in [0.05, 0.1) is 0 Å². The zero-order chi connectivity index (χ0) is 20.7. The van der Waals surface area contributed by atoms with Crippen LogP contribution in [-0.2, 0) is 10.2 Å². The van der Waals surface area contributed by atoms with Crippen LogP contribution in [0.15, 0.2) is 48.5 Å². The largest absolute Gasteiger partial charge is 0.350 e. The predicted octanol–water partition coefficient (Wildman–Crippen LogP) is 3.10. The fourth-order valence-electron chi connectivity index (χ4n) is 2.59. The average Bonchev–Trinajstić information content (AvgIpc) is 2.64. The molecule has 0 saturated carbocycles. The van der Waals surface area contributed by atoms with Crippen molar-refractivity contribution in [3.63, 3.8) is 0 Å². The Morgan fingerprint density at radius 2 is 1.18 bits per heavy atom. The second-order valence-corrected chi connectivity index (χ2v) is 7.60. The van der Waals surface area contributed by atoms with Gasteiger partial charge in [0.25, 0.3) is 11.8 Å². The van der Waals surface area contributed by atoms with Crippen LogP contribution in [0.1, 0.15) is 54.0 Å². The lowest BCUT2D eigenvalue weighted by Crippen LogP contribution is -2.34. The summed E-state index contributed by atoms with van der Waals surface area (Å²) >= 11 is 0. The summed E-state index contributed by atoms with van der Waals surface area (Å²) in [5.41, 5.74) is 2.92. The van der Waals surface area contributed by atoms with Crippen molar-refractivity contribution in [3.05, 3.63) is 65.2 Å². The second-order valence-electron chi connectivity index (χ2n) is 7.60. The molecule has 0 aliphatic carbocycles. The number of carbonyl (C=O) groups is 3. The highest BCUT2D eigenvalue weighted by Crippen LogP contribution is 2.22. The van der Waals surface area contributed by atoms with Gasteiger partial charge in [-0.05, 0) is 47.4 Å². The molecule has 0 radical (unpaired) electrons. The summed E-state index contributed by atoms with van der Waals surface area (Å²) < 4.78 is 0. The summed E-state index contributed by atoms with van der Waals surface area (Å²) in [6.07, 6.45) is 0. The van der Waals surface area contributed by atoms with Crippen molar-refractivity contribution < 1.29 is 14.4 Å². The van der Waals surface area contributed by atoms with E-state index in [1.165, 1.54) is 12.5 Å². The van der Waals surface area contributed by atoms with Crippen LogP contribution in [0.5, 0.6) is 0 Å². The first kappa shape index (κ1) is 21.2. The van der Waals surface area contributed by atoms with E-state index in [4.69, 9.17) is 0 Å². The summed E-state index contributed by atoms with van der Waals surface area (Å²) in [5, 5.41) is 8.19. The van der Waals surface area contributed by atoms with Crippen LogP contribution in [0, 0.1) is 0 Å². The van der Waals surface area contributed by atoms with Crippen LogP contribution in [0.4, 0.5) is 5.69 Å². The molecule has 6 heteroatoms. The Bertz CT molecular complexity index is 835. The van der Waals surface area contributed by atoms with E-state index in [0.717, 1.165) is 0 Å². The molecule has 2 aromatic rings. The molecule has 0 aliphatic rings. The number of hydrogen-bond acceptors (Lipinski definition) is 3. The maximum atomic E-state index is 12.2. The first-order valence-corrected chi connectivity index (χ1v) is 9.21. The Morgan fingerprint density at radius 3 is 1.57 bits per heavy atom. The molecular formula is C22H27N3O3. The number of nitrogens with one attached hydrogen (secondary N) is 3. The fraction of sp³-hybridized carbons (Fsp3) is 0.318. The normalized spacial score (nSPS) is 10.9. The fourth-order valence-corrected chi connectivity index (χ4v) is 2.59. The van der Waals surface area contributed by atoms with E-state index >= 15 is 0 Å². The molecule has 0 spiro atoms. The van der Waals surface area contributed by atoms with Crippen LogP contribution in [0.2, 0.25) is 0 Å². The molecule has 0 saturated heterocycles. The van der Waals surface area contributed by atoms with Crippen LogP contribution >= 0.6 is 0 Å². The Labute approximate surface area is 165 Å². The molecule has 3 N–H and O–H groups in total. The van der Waals surface area contributed by atoms with Gasteiger partial charge in [0.2, 0.25) is 5.91 Å². The first-order valence-electron chi connectivity index (χ1n) is 9.21. The van der Waals surface area contributed by atoms with Crippen molar-refractivity contribution in [1.82, 2.24) is 10.6 Å². The van der Waals surface area contributed by atoms with E-state index in [1.807, 2.05) is 24.3 Å². The van der Waals surface area contributed by atoms with Gasteiger partial charge >= 0.3 is 0 Å². The summed E-state index contributed by atoms with van der Waals surface area (Å²) in [5.74, 6) is -0.575. The molecule has 0 unspecified atom stereocenters. The number of carbonyl (C=O) groups excluding carboxylic acids is 3. The van der Waals surface area contributed by atoms with Gasteiger partial charge in [0, 0.05) is 36.8 Å². The molecule has 0 fully saturated rings. The number of benzene rings is 2. The summed E-state index contributed by atoms with van der Waals surface area (Å²) in [7, 11) is 0. The van der Waals surface area contributed by atoms with Crippen molar-refractivity contribution in [2.75, 3.05) is 18.4 Å². The summed E-state index contributed by atoms with van der Waals surface area (Å²) in [6.45, 7) is 8.44. The maximum Gasteiger partial charge on any atom is 0.251 e. The van der Waals surface area contributed by atoms with Crippen molar-refractivity contribution >= 4 is 23.4 Å². The van der Waals surface area contributed by atoms with Gasteiger partial charge in [-0.3, -0.25) is 14.4 Å². The first-order chi connectivity index (χ1) is 13.2. The number of amides is 3. The van der Waals surface area contributed by atoms with E-state index in [-0.39, 0.29) is 23.1 Å². The molecule has 2 aromatic carbocycles. The SMILES string of the molecule is CC(=O)Nc1ccc(C(=O)NCCNC(=O)c2ccc(C(C)(C)C)cc2)cc1. The molecule has 0 aliphatic heterocycles. The molecule has 148 valence electrons. The third-order valence-electron chi connectivity index (χ3n) is 4.18. The lowest BCUT2D eigenvalue weighted by Gasteiger charge is -2.19. The van der Waals surface area contributed by atoms with E-state index in [0.29, 0.717) is 29.9 Å². The molecule has 0 bridgehead atoms. The summed E-state index contributed by atoms with van der Waals surface area (Å²) in [6, 6.07) is 14.1.